The molecular formula is C45H33ClF10N2P2RuSb+. The Bertz CT molecular complexity index is 2450. The van der Waals surface area contributed by atoms with Crippen molar-refractivity contribution in [3.63, 3.8) is 0 Å². The van der Waals surface area contributed by atoms with Gasteiger partial charge in [-0.25, -0.2) is 8.78 Å². The van der Waals surface area contributed by atoms with Crippen LogP contribution in [0.25, 0.3) is 11.1 Å². The van der Waals surface area contributed by atoms with E-state index in [1.165, 1.54) is 6.21 Å². The molecule has 0 spiro atoms. The van der Waals surface area contributed by atoms with Crippen molar-refractivity contribution >= 4 is 83.1 Å². The second-order valence-electron chi connectivity index (χ2n) is 13.1. The maximum absolute atomic E-state index is 16.1. The van der Waals surface area contributed by atoms with Crippen molar-refractivity contribution in [1.29, 1.82) is 0 Å². The molecule has 0 bridgehead atoms. The van der Waals surface area contributed by atoms with Crippen LogP contribution < -0.4 is 21.2 Å². The molecule has 0 saturated heterocycles. The molecule has 7 rings (SSSR count). The van der Waals surface area contributed by atoms with Crippen molar-refractivity contribution in [1.82, 2.24) is 4.98 Å². The third kappa shape index (κ3) is 13.6. The molecule has 0 amide bonds. The first-order chi connectivity index (χ1) is 29.4. The third-order valence-corrected chi connectivity index (χ3v) is 16.3. The van der Waals surface area contributed by atoms with Gasteiger partial charge in [0.1, 0.15) is 16.5 Å². The van der Waals surface area contributed by atoms with Gasteiger partial charge in [0.15, 0.2) is 11.6 Å². The van der Waals surface area contributed by atoms with Crippen LogP contribution in [0.4, 0.5) is 34.4 Å². The Morgan fingerprint density at radius 1 is 0.532 bits per heavy atom. The van der Waals surface area contributed by atoms with E-state index in [4.69, 9.17) is 4.76 Å². The van der Waals surface area contributed by atoms with Crippen LogP contribution >= 0.6 is 25.0 Å². The van der Waals surface area contributed by atoms with Gasteiger partial charge in [-0.05, 0) is 59.5 Å². The molecule has 17 heteroatoms. The van der Waals surface area contributed by atoms with Crippen LogP contribution in [0, 0.1) is 23.5 Å². The fraction of sp³-hybridized carbons (Fsp3) is 0.0222. The summed E-state index contributed by atoms with van der Waals surface area (Å²) in [5.74, 6) is -6.13. The van der Waals surface area contributed by atoms with Gasteiger partial charge in [0.25, 0.3) is 11.9 Å². The number of hydrogen-bond donors (Lipinski definition) is 0. The Kier molecular flexibility index (Phi) is 16.1. The van der Waals surface area contributed by atoms with Crippen molar-refractivity contribution in [2.24, 2.45) is 4.76 Å². The Hall–Kier alpha value is -4.23. The topological polar surface area (TPSA) is 25.2 Å². The Morgan fingerprint density at radius 2 is 0.839 bits per heavy atom. The molecule has 7 aromatic rings. The first kappa shape index (κ1) is 48.8. The molecule has 0 saturated carbocycles. The van der Waals surface area contributed by atoms with Crippen molar-refractivity contribution < 1.29 is 51.8 Å². The predicted molar refractivity (Wildman–Crippen MR) is 233 cm³/mol. The summed E-state index contributed by atoms with van der Waals surface area (Å²) in [5.41, 5.74) is 0.517. The average molecular weight is 1110 g/mol. The monoisotopic (exact) mass is 1110 g/mol. The Morgan fingerprint density at radius 3 is 1.18 bits per heavy atom. The number of allylic oxidation sites excluding steroid dienone is 1. The first-order valence-corrected chi connectivity index (χ1v) is 29.6. The summed E-state index contributed by atoms with van der Waals surface area (Å²) >= 11 is -9.43. The molecule has 0 aliphatic heterocycles. The summed E-state index contributed by atoms with van der Waals surface area (Å²) in [7, 11) is 0.590. The van der Waals surface area contributed by atoms with E-state index in [9.17, 15) is 16.9 Å². The van der Waals surface area contributed by atoms with Crippen LogP contribution in [-0.2, 0) is 17.3 Å². The number of benzene rings is 6. The molecule has 0 aliphatic carbocycles. The Labute approximate surface area is 370 Å². The molecule has 0 fully saturated rings. The summed E-state index contributed by atoms with van der Waals surface area (Å²) < 4.78 is 127. The summed E-state index contributed by atoms with van der Waals surface area (Å²) in [6, 6.07) is 58.4. The minimum atomic E-state index is -11.2. The second-order valence-corrected chi connectivity index (χ2v) is 24.4. The van der Waals surface area contributed by atoms with Crippen LogP contribution in [-0.4, -0.2) is 36.6 Å². The molecular weight excluding hydrogens is 1080 g/mol. The van der Waals surface area contributed by atoms with Gasteiger partial charge < -0.3 is 0 Å². The fourth-order valence-corrected chi connectivity index (χ4v) is 14.5. The maximum atomic E-state index is 16.1. The van der Waals surface area contributed by atoms with Gasteiger partial charge in [0.2, 0.25) is 7.41 Å². The van der Waals surface area contributed by atoms with Crippen LogP contribution in [0.1, 0.15) is 16.7 Å². The number of aromatic nitrogens is 1. The standard InChI is InChI=1S/C45H33F4N2P2.ClH.6FH.Ru.Sb/c46-42-41(43(47)45(49)51-44(42)48)39(40(33-19-7-1-8-20-33)34-21-9-2-10-22-34)31-50-53(37-27-15-5-16-28-37,38-29-17-6-18-30-38)32-52(35-23-11-3-12-24-35)36-25-13-4-14-26-36;;;;;;;;;/h1-31H,32H2;7*1H;;/q+1;;;;;;;;+2;+5/p-7/b50-31+;;;;;;;;;. The average Bonchev–Trinajstić information content (AvgIpc) is 3.27. The van der Waals surface area contributed by atoms with E-state index in [1.54, 1.807) is 48.5 Å². The fourth-order valence-electron chi connectivity index (χ4n) is 6.39. The van der Waals surface area contributed by atoms with Crippen LogP contribution in [0.15, 0.2) is 187 Å². The van der Waals surface area contributed by atoms with E-state index in [0.717, 1.165) is 21.2 Å². The van der Waals surface area contributed by atoms with Gasteiger partial charge in [0, 0.05) is 5.57 Å². The van der Waals surface area contributed by atoms with Gasteiger partial charge in [-0.1, -0.05) is 158 Å². The zero-order valence-electron chi connectivity index (χ0n) is 31.9. The first-order valence-electron chi connectivity index (χ1n) is 18.1. The van der Waals surface area contributed by atoms with Gasteiger partial charge >= 0.3 is 63.4 Å². The number of nitrogens with zero attached hydrogens (tertiary/aromatic N) is 2. The number of pyridine rings is 1. The molecule has 62 heavy (non-hydrogen) atoms. The SMILES string of the molecule is Fc1nc(F)c(F)c(C(/C=N/[P+](CP(c2ccccc2)c2ccccc2)(c2ccccc2)c2ccccc2)=C(c2ccccc2)c2ccccc2)c1F.[Cl][Ru+].[F][Sb-]([F])([F])([F])([F])[F]. The zero-order valence-corrected chi connectivity index (χ0v) is 38.7. The third-order valence-electron chi connectivity index (χ3n) is 8.89. The molecule has 1 heterocycles. The predicted octanol–water partition coefficient (Wildman–Crippen LogP) is 13.2. The minimum absolute atomic E-state index is 0.113. The molecule has 0 N–H and O–H groups in total. The Balaban J connectivity index is 0.000000735. The van der Waals surface area contributed by atoms with Crippen molar-refractivity contribution in [3.05, 3.63) is 222 Å². The molecule has 0 unspecified atom stereocenters. The van der Waals surface area contributed by atoms with Crippen LogP contribution in [0.2, 0.25) is 0 Å². The number of hydrogen-bond acceptors (Lipinski definition) is 2. The number of halogens is 11. The van der Waals surface area contributed by atoms with Gasteiger partial charge in [-0.15, -0.1) is 4.76 Å². The van der Waals surface area contributed by atoms with E-state index >= 15 is 17.6 Å². The van der Waals surface area contributed by atoms with E-state index in [-0.39, 0.29) is 5.57 Å². The zero-order chi connectivity index (χ0) is 45.0. The van der Waals surface area contributed by atoms with Crippen LogP contribution in [0.3, 0.4) is 0 Å². The molecule has 2 nitrogen and oxygen atoms in total. The number of rotatable bonds is 11. The van der Waals surface area contributed by atoms with E-state index in [1.807, 2.05) is 127 Å². The summed E-state index contributed by atoms with van der Waals surface area (Å²) in [6.07, 6.45) is 1.44. The quantitative estimate of drug-likeness (QED) is 0.0417. The summed E-state index contributed by atoms with van der Waals surface area (Å²) in [6.45, 7) is 0. The second kappa shape index (κ2) is 20.5. The normalized spacial score (nSPS) is 12.6. The van der Waals surface area contributed by atoms with E-state index < -0.39 is 63.9 Å². The molecule has 0 aliphatic rings. The summed E-state index contributed by atoms with van der Waals surface area (Å²) in [5, 5.41) is 4.16. The molecule has 322 valence electrons. The summed E-state index contributed by atoms with van der Waals surface area (Å²) in [4.78, 5) is 2.89. The van der Waals surface area contributed by atoms with Gasteiger partial charge in [-0.3, -0.25) is 0 Å². The van der Waals surface area contributed by atoms with Crippen LogP contribution in [0.5, 0.6) is 0 Å². The van der Waals surface area contributed by atoms with Gasteiger partial charge in [-0.2, -0.15) is 13.8 Å². The van der Waals surface area contributed by atoms with Gasteiger partial charge in [0.05, 0.1) is 11.8 Å². The van der Waals surface area contributed by atoms with Crippen molar-refractivity contribution in [2.75, 3.05) is 5.90 Å². The molecule has 6 aromatic carbocycles. The van der Waals surface area contributed by atoms with E-state index in [0.29, 0.717) is 22.6 Å². The van der Waals surface area contributed by atoms with E-state index in [2.05, 4.69) is 38.9 Å². The molecule has 0 atom stereocenters. The van der Waals surface area contributed by atoms with Crippen molar-refractivity contribution in [3.8, 4) is 0 Å². The molecule has 0 radical (unpaired) electrons. The molecule has 1 aromatic heterocycles. The van der Waals surface area contributed by atoms with Crippen molar-refractivity contribution in [2.45, 2.75) is 0 Å².